The fourth-order valence-electron chi connectivity index (χ4n) is 1.83. The Morgan fingerprint density at radius 3 is 2.44 bits per heavy atom. The van der Waals surface area contributed by atoms with E-state index in [0.717, 1.165) is 25.7 Å². The van der Waals surface area contributed by atoms with E-state index >= 15 is 0 Å². The summed E-state index contributed by atoms with van der Waals surface area (Å²) in [5.41, 5.74) is 0. The molecule has 1 rings (SSSR count). The fraction of sp³-hybridized carbons (Fsp3) is 0.909. The lowest BCUT2D eigenvalue weighted by atomic mass is 10.3. The zero-order chi connectivity index (χ0) is 12.2. The average molecular weight is 248 g/mol. The van der Waals surface area contributed by atoms with E-state index in [9.17, 15) is 13.2 Å². The van der Waals surface area contributed by atoms with Gasteiger partial charge in [-0.1, -0.05) is 19.8 Å². The second kappa shape index (κ2) is 5.66. The van der Waals surface area contributed by atoms with E-state index < -0.39 is 21.1 Å². The first-order chi connectivity index (χ1) is 7.53. The van der Waals surface area contributed by atoms with Crippen molar-refractivity contribution in [1.29, 1.82) is 0 Å². The lowest BCUT2D eigenvalue weighted by molar-refractivity contribution is -0.140. The predicted octanol–water partition coefficient (Wildman–Crippen LogP) is 1.54. The van der Waals surface area contributed by atoms with Gasteiger partial charge in [0.25, 0.3) is 0 Å². The molecule has 0 bridgehead atoms. The lowest BCUT2D eigenvalue weighted by Crippen LogP contribution is -2.35. The van der Waals surface area contributed by atoms with Gasteiger partial charge in [-0.25, -0.2) is 8.42 Å². The molecule has 1 unspecified atom stereocenters. The van der Waals surface area contributed by atoms with Crippen molar-refractivity contribution in [2.45, 2.75) is 44.3 Å². The average Bonchev–Trinajstić information content (AvgIpc) is 3.01. The Labute approximate surface area is 97.3 Å². The Balaban J connectivity index is 2.65. The third-order valence-corrected chi connectivity index (χ3v) is 5.11. The summed E-state index contributed by atoms with van der Waals surface area (Å²) < 4.78 is 28.6. The molecule has 0 aromatic heterocycles. The minimum absolute atomic E-state index is 0.000855. The Kier molecular flexibility index (Phi) is 4.77. The van der Waals surface area contributed by atoms with Crippen molar-refractivity contribution < 1.29 is 17.9 Å². The van der Waals surface area contributed by atoms with Crippen molar-refractivity contribution in [3.63, 3.8) is 0 Å². The first-order valence-electron chi connectivity index (χ1n) is 5.82. The zero-order valence-electron chi connectivity index (χ0n) is 9.94. The van der Waals surface area contributed by atoms with Crippen LogP contribution in [0, 0.1) is 5.92 Å². The number of rotatable bonds is 7. The van der Waals surface area contributed by atoms with Gasteiger partial charge in [-0.05, 0) is 25.2 Å². The Morgan fingerprint density at radius 2 is 2.00 bits per heavy atom. The highest BCUT2D eigenvalue weighted by Crippen LogP contribution is 2.37. The molecule has 5 heteroatoms. The van der Waals surface area contributed by atoms with Crippen LogP contribution in [0.2, 0.25) is 0 Å². The smallest absolute Gasteiger partial charge is 0.324 e. The Morgan fingerprint density at radius 1 is 1.38 bits per heavy atom. The summed E-state index contributed by atoms with van der Waals surface area (Å²) in [4.78, 5) is 11.5. The van der Waals surface area contributed by atoms with Crippen molar-refractivity contribution in [2.75, 3.05) is 12.9 Å². The summed E-state index contributed by atoms with van der Waals surface area (Å²) in [5, 5.41) is -0.908. The molecule has 1 atom stereocenters. The highest BCUT2D eigenvalue weighted by Gasteiger charge is 2.45. The van der Waals surface area contributed by atoms with Crippen molar-refractivity contribution in [3.05, 3.63) is 0 Å². The summed E-state index contributed by atoms with van der Waals surface area (Å²) in [5.74, 6) is -0.477. The molecule has 0 saturated heterocycles. The topological polar surface area (TPSA) is 60.4 Å². The van der Waals surface area contributed by atoms with E-state index in [1.165, 1.54) is 7.11 Å². The van der Waals surface area contributed by atoms with Crippen LogP contribution in [0.25, 0.3) is 0 Å². The Bertz CT molecular complexity index is 330. The van der Waals surface area contributed by atoms with E-state index in [2.05, 4.69) is 4.74 Å². The Hall–Kier alpha value is -0.580. The third kappa shape index (κ3) is 3.47. The van der Waals surface area contributed by atoms with E-state index in [4.69, 9.17) is 0 Å². The molecule has 0 amide bonds. The van der Waals surface area contributed by atoms with Gasteiger partial charge in [0.2, 0.25) is 0 Å². The van der Waals surface area contributed by atoms with Gasteiger partial charge in [0, 0.05) is 0 Å². The maximum absolute atomic E-state index is 12.0. The van der Waals surface area contributed by atoms with Crippen LogP contribution in [0.5, 0.6) is 0 Å². The molecular weight excluding hydrogens is 228 g/mol. The molecule has 0 radical (unpaired) electrons. The van der Waals surface area contributed by atoms with Crippen molar-refractivity contribution >= 4 is 15.8 Å². The van der Waals surface area contributed by atoms with Gasteiger partial charge < -0.3 is 4.74 Å². The number of ether oxygens (including phenoxy) is 1. The molecule has 1 fully saturated rings. The molecular formula is C11H20O4S. The first-order valence-corrected chi connectivity index (χ1v) is 7.54. The van der Waals surface area contributed by atoms with Crippen LogP contribution in [-0.2, 0) is 19.4 Å². The van der Waals surface area contributed by atoms with Gasteiger partial charge in [-0.3, -0.25) is 4.79 Å². The summed E-state index contributed by atoms with van der Waals surface area (Å²) in [6, 6.07) is 0. The molecule has 1 aliphatic carbocycles. The van der Waals surface area contributed by atoms with E-state index in [1.54, 1.807) is 0 Å². The maximum Gasteiger partial charge on any atom is 0.324 e. The monoisotopic (exact) mass is 248 g/mol. The minimum atomic E-state index is -3.32. The van der Waals surface area contributed by atoms with Crippen LogP contribution in [-0.4, -0.2) is 32.5 Å². The number of carbonyl (C=O) groups excluding carboxylic acids is 1. The second-order valence-corrected chi connectivity index (χ2v) is 6.60. The molecule has 4 nitrogen and oxygen atoms in total. The molecule has 1 aliphatic rings. The van der Waals surface area contributed by atoms with E-state index in [1.807, 2.05) is 6.92 Å². The van der Waals surface area contributed by atoms with Crippen LogP contribution >= 0.6 is 0 Å². The fourth-order valence-corrected chi connectivity index (χ4v) is 3.94. The number of sulfone groups is 1. The van der Waals surface area contributed by atoms with Gasteiger partial charge in [0.15, 0.2) is 15.1 Å². The summed E-state index contributed by atoms with van der Waals surface area (Å²) >= 11 is 0. The second-order valence-electron chi connectivity index (χ2n) is 4.36. The summed E-state index contributed by atoms with van der Waals surface area (Å²) in [7, 11) is -2.07. The van der Waals surface area contributed by atoms with E-state index in [0.29, 0.717) is 6.42 Å². The van der Waals surface area contributed by atoms with Gasteiger partial charge in [-0.2, -0.15) is 0 Å². The number of hydrogen-bond acceptors (Lipinski definition) is 4. The van der Waals surface area contributed by atoms with Crippen molar-refractivity contribution in [3.8, 4) is 0 Å². The molecule has 16 heavy (non-hydrogen) atoms. The van der Waals surface area contributed by atoms with Crippen LogP contribution in [0.1, 0.15) is 39.0 Å². The van der Waals surface area contributed by atoms with Crippen molar-refractivity contribution in [1.82, 2.24) is 0 Å². The number of hydrogen-bond donors (Lipinski definition) is 0. The SMILES string of the molecule is CCCCCS(=O)(=O)C(C(=O)OC)C1CC1. The van der Waals surface area contributed by atoms with Crippen molar-refractivity contribution in [2.24, 2.45) is 5.92 Å². The van der Waals surface area contributed by atoms with Crippen LogP contribution in [0.3, 0.4) is 0 Å². The highest BCUT2D eigenvalue weighted by atomic mass is 32.2. The maximum atomic E-state index is 12.0. The number of esters is 1. The van der Waals surface area contributed by atoms with Gasteiger partial charge in [0.1, 0.15) is 0 Å². The van der Waals surface area contributed by atoms with Crippen LogP contribution in [0.4, 0.5) is 0 Å². The number of unbranched alkanes of at least 4 members (excludes halogenated alkanes) is 2. The molecule has 0 aliphatic heterocycles. The number of carbonyl (C=O) groups is 1. The largest absolute Gasteiger partial charge is 0.468 e. The normalized spacial score (nSPS) is 18.1. The summed E-state index contributed by atoms with van der Waals surface area (Å²) in [6.45, 7) is 2.02. The van der Waals surface area contributed by atoms with Gasteiger partial charge >= 0.3 is 5.97 Å². The molecule has 1 saturated carbocycles. The third-order valence-electron chi connectivity index (χ3n) is 2.90. The predicted molar refractivity (Wildman–Crippen MR) is 61.8 cm³/mol. The molecule has 0 spiro atoms. The van der Waals surface area contributed by atoms with Gasteiger partial charge in [-0.15, -0.1) is 0 Å². The quantitative estimate of drug-likeness (QED) is 0.506. The summed E-state index contributed by atoms with van der Waals surface area (Å²) in [6.07, 6.45) is 4.15. The van der Waals surface area contributed by atoms with Gasteiger partial charge in [0.05, 0.1) is 12.9 Å². The standard InChI is InChI=1S/C11H20O4S/c1-3-4-5-8-16(13,14)10(9-6-7-9)11(12)15-2/h9-10H,3-8H2,1-2H3. The molecule has 0 N–H and O–H groups in total. The van der Waals surface area contributed by atoms with Crippen LogP contribution in [0.15, 0.2) is 0 Å². The number of methoxy groups -OCH3 is 1. The first kappa shape index (κ1) is 13.5. The lowest BCUT2D eigenvalue weighted by Gasteiger charge is -2.14. The zero-order valence-corrected chi connectivity index (χ0v) is 10.8. The molecule has 0 aromatic carbocycles. The van der Waals surface area contributed by atoms with Crippen LogP contribution < -0.4 is 0 Å². The minimum Gasteiger partial charge on any atom is -0.468 e. The molecule has 0 heterocycles. The molecule has 94 valence electrons. The molecule has 0 aromatic rings. The highest BCUT2D eigenvalue weighted by molar-refractivity contribution is 7.92. The van der Waals surface area contributed by atoms with E-state index in [-0.39, 0.29) is 11.7 Å².